The van der Waals surface area contributed by atoms with Gasteiger partial charge in [0.25, 0.3) is 0 Å². The molecule has 2 saturated heterocycles. The van der Waals surface area contributed by atoms with Crippen molar-refractivity contribution in [2.24, 2.45) is 11.8 Å². The Balaban J connectivity index is 1.03. The molecule has 3 aromatic carbocycles. The number of halogens is 2. The molecule has 4 amide bonds. The number of benzene rings is 3. The SMILES string of the molecule is COC(=O)N[C@H](C(=O)N1CCC[C@H]1c1ncc(-c2cc(F)c3c(c2)OC(c2cccc(F)c2)n2c-3cc3cc(-c4cnc([C@@H]5CCCN5C(=O)[C@@H](NC(=O)OC)C(C)C)[nH]4)ccc32)[nH]1)C(C)C. The van der Waals surface area contributed by atoms with E-state index in [0.717, 1.165) is 29.3 Å². The number of H-pyrrole nitrogens is 2. The van der Waals surface area contributed by atoms with Gasteiger partial charge in [-0.05, 0) is 80.0 Å². The van der Waals surface area contributed by atoms with Crippen LogP contribution in [0.1, 0.15) is 88.9 Å². The van der Waals surface area contributed by atoms with Gasteiger partial charge < -0.3 is 49.2 Å². The van der Waals surface area contributed by atoms with Crippen molar-refractivity contribution in [2.45, 2.75) is 83.8 Å². The largest absolute Gasteiger partial charge is 0.465 e. The average molecular weight is 918 g/mol. The van der Waals surface area contributed by atoms with Crippen LogP contribution in [0.2, 0.25) is 0 Å². The highest BCUT2D eigenvalue weighted by Gasteiger charge is 2.40. The first-order chi connectivity index (χ1) is 32.2. The molecule has 3 aliphatic rings. The molecule has 2 fully saturated rings. The number of carbonyl (C=O) groups is 4. The van der Waals surface area contributed by atoms with E-state index in [2.05, 4.69) is 25.6 Å². The molecule has 18 heteroatoms. The van der Waals surface area contributed by atoms with E-state index in [4.69, 9.17) is 19.2 Å². The van der Waals surface area contributed by atoms with Gasteiger partial charge in [-0.15, -0.1) is 0 Å². The molecule has 0 radical (unpaired) electrons. The smallest absolute Gasteiger partial charge is 0.407 e. The summed E-state index contributed by atoms with van der Waals surface area (Å²) < 4.78 is 49.8. The van der Waals surface area contributed by atoms with Crippen LogP contribution in [0.25, 0.3) is 44.7 Å². The minimum atomic E-state index is -0.868. The van der Waals surface area contributed by atoms with Gasteiger partial charge in [0, 0.05) is 35.2 Å². The summed E-state index contributed by atoms with van der Waals surface area (Å²) in [6, 6.07) is 14.7. The fraction of sp³-hybridized carbons (Fsp3) is 0.388. The number of methoxy groups -OCH3 is 2. The van der Waals surface area contributed by atoms with E-state index >= 15 is 4.39 Å². The van der Waals surface area contributed by atoms with Crippen molar-refractivity contribution in [3.05, 3.63) is 102 Å². The Hall–Kier alpha value is -7.24. The Bertz CT molecular complexity index is 2870. The first-order valence-corrected chi connectivity index (χ1v) is 22.6. The number of likely N-dealkylation sites (tertiary alicyclic amines) is 2. The number of hydrogen-bond acceptors (Lipinski definition) is 9. The van der Waals surface area contributed by atoms with Gasteiger partial charge in [-0.25, -0.2) is 28.3 Å². The van der Waals surface area contributed by atoms with Crippen LogP contribution in [-0.2, 0) is 19.1 Å². The van der Waals surface area contributed by atoms with E-state index in [-0.39, 0.29) is 41.0 Å². The molecule has 0 bridgehead atoms. The number of fused-ring (bicyclic) bond motifs is 5. The molecule has 0 aliphatic carbocycles. The number of nitrogens with zero attached hydrogens (tertiary/aromatic N) is 5. The Labute approximate surface area is 385 Å². The normalized spacial score (nSPS) is 18.7. The van der Waals surface area contributed by atoms with Gasteiger partial charge in [0.1, 0.15) is 41.1 Å². The molecule has 67 heavy (non-hydrogen) atoms. The van der Waals surface area contributed by atoms with E-state index in [9.17, 15) is 23.6 Å². The summed E-state index contributed by atoms with van der Waals surface area (Å²) in [4.78, 5) is 71.3. The number of alkyl carbamates (subject to hydrolysis) is 2. The van der Waals surface area contributed by atoms with Gasteiger partial charge in [-0.2, -0.15) is 0 Å². The second-order valence-electron chi connectivity index (χ2n) is 18.0. The highest BCUT2D eigenvalue weighted by atomic mass is 19.1. The van der Waals surface area contributed by atoms with Crippen LogP contribution in [-0.4, -0.2) is 97.7 Å². The fourth-order valence-electron chi connectivity index (χ4n) is 9.67. The zero-order valence-corrected chi connectivity index (χ0v) is 38.1. The highest BCUT2D eigenvalue weighted by molar-refractivity contribution is 5.93. The number of carbonyl (C=O) groups excluding carboxylic acids is 4. The highest BCUT2D eigenvalue weighted by Crippen LogP contribution is 2.47. The number of aromatic nitrogens is 5. The van der Waals surface area contributed by atoms with Gasteiger partial charge in [-0.3, -0.25) is 9.59 Å². The number of imidazole rings is 2. The molecule has 6 heterocycles. The van der Waals surface area contributed by atoms with Crippen LogP contribution >= 0.6 is 0 Å². The quantitative estimate of drug-likeness (QED) is 0.0990. The minimum Gasteiger partial charge on any atom is -0.465 e. The standard InChI is InChI=1S/C49H53F2N9O7/c1-25(2)41(56-48(63)65-5)45(61)58-16-8-12-36(58)43-52-23-33(54-43)27-14-15-35-30(18-27)21-38-40-32(51)20-29(22-39(40)67-47(60(35)38)28-10-7-11-31(50)19-28)34-24-53-44(55-34)37-13-9-17-59(37)46(62)42(26(3)4)57-49(64)66-6/h7,10-11,14-15,18-26,36-37,41-42,47H,8-9,12-13,16-17H2,1-6H3,(H,52,54)(H,53,55)(H,56,63)(H,57,64)/t36-,37-,41-,42-,47?/m0/s1. The van der Waals surface area contributed by atoms with Crippen LogP contribution in [0, 0.1) is 23.5 Å². The predicted molar refractivity (Wildman–Crippen MR) is 243 cm³/mol. The van der Waals surface area contributed by atoms with E-state index in [0.29, 0.717) is 65.8 Å². The first-order valence-electron chi connectivity index (χ1n) is 22.6. The number of aromatic amines is 2. The Morgan fingerprint density at radius 1 is 0.746 bits per heavy atom. The average Bonchev–Trinajstić information content (AvgIpc) is 4.17. The van der Waals surface area contributed by atoms with E-state index in [1.165, 1.54) is 32.4 Å². The summed E-state index contributed by atoms with van der Waals surface area (Å²) in [5.41, 5.74) is 4.48. The lowest BCUT2D eigenvalue weighted by molar-refractivity contribution is -0.136. The molecular weight excluding hydrogens is 865 g/mol. The molecule has 0 saturated carbocycles. The summed E-state index contributed by atoms with van der Waals surface area (Å²) in [5.74, 6) is -0.423. The van der Waals surface area contributed by atoms with Gasteiger partial charge in [0.05, 0.1) is 66.9 Å². The molecule has 1 unspecified atom stereocenters. The third-order valence-electron chi connectivity index (χ3n) is 13.1. The zero-order valence-electron chi connectivity index (χ0n) is 38.1. The lowest BCUT2D eigenvalue weighted by Gasteiger charge is -2.31. The molecule has 3 aliphatic heterocycles. The third-order valence-corrected chi connectivity index (χ3v) is 13.1. The molecule has 5 atom stereocenters. The van der Waals surface area contributed by atoms with Gasteiger partial charge in [-0.1, -0.05) is 45.9 Å². The van der Waals surface area contributed by atoms with Gasteiger partial charge in [0.15, 0.2) is 0 Å². The van der Waals surface area contributed by atoms with Crippen molar-refractivity contribution in [2.75, 3.05) is 27.3 Å². The maximum Gasteiger partial charge on any atom is 0.407 e. The summed E-state index contributed by atoms with van der Waals surface area (Å²) in [7, 11) is 2.51. The molecule has 6 aromatic rings. The zero-order chi connectivity index (χ0) is 47.3. The van der Waals surface area contributed by atoms with Gasteiger partial charge >= 0.3 is 12.2 Å². The van der Waals surface area contributed by atoms with E-state index < -0.39 is 48.2 Å². The fourth-order valence-corrected chi connectivity index (χ4v) is 9.67. The lowest BCUT2D eigenvalue weighted by atomic mass is 10.0. The van der Waals surface area contributed by atoms with E-state index in [1.807, 2.05) is 56.5 Å². The lowest BCUT2D eigenvalue weighted by Crippen LogP contribution is -2.51. The molecule has 9 rings (SSSR count). The van der Waals surface area contributed by atoms with E-state index in [1.54, 1.807) is 40.4 Å². The third kappa shape index (κ3) is 8.44. The summed E-state index contributed by atoms with van der Waals surface area (Å²) in [6.45, 7) is 8.43. The van der Waals surface area contributed by atoms with Crippen LogP contribution in [0.3, 0.4) is 0 Å². The van der Waals surface area contributed by atoms with Crippen molar-refractivity contribution < 1.29 is 42.2 Å². The van der Waals surface area contributed by atoms with Gasteiger partial charge in [0.2, 0.25) is 18.0 Å². The Kier molecular flexibility index (Phi) is 12.2. The number of nitrogens with one attached hydrogen (secondary N) is 4. The van der Waals surface area contributed by atoms with Crippen molar-refractivity contribution in [3.63, 3.8) is 0 Å². The molecule has 350 valence electrons. The molecule has 16 nitrogen and oxygen atoms in total. The Morgan fingerprint density at radius 2 is 1.33 bits per heavy atom. The molecule has 0 spiro atoms. The van der Waals surface area contributed by atoms with Crippen LogP contribution in [0.4, 0.5) is 18.4 Å². The number of ether oxygens (including phenoxy) is 3. The van der Waals surface area contributed by atoms with Crippen molar-refractivity contribution in [3.8, 4) is 39.5 Å². The van der Waals surface area contributed by atoms with Crippen molar-refractivity contribution in [1.82, 2.24) is 44.9 Å². The molecular formula is C49H53F2N9O7. The predicted octanol–water partition coefficient (Wildman–Crippen LogP) is 8.39. The molecule has 3 aromatic heterocycles. The van der Waals surface area contributed by atoms with Crippen molar-refractivity contribution >= 4 is 34.9 Å². The summed E-state index contributed by atoms with van der Waals surface area (Å²) in [6.07, 6.45) is 3.94. The Morgan fingerprint density at radius 3 is 1.88 bits per heavy atom. The summed E-state index contributed by atoms with van der Waals surface area (Å²) >= 11 is 0. The minimum absolute atomic E-state index is 0.172. The second kappa shape index (κ2) is 18.2. The monoisotopic (exact) mass is 917 g/mol. The topological polar surface area (TPSA) is 189 Å². The maximum absolute atomic E-state index is 16.8. The van der Waals surface area contributed by atoms with Crippen molar-refractivity contribution in [1.29, 1.82) is 0 Å². The van der Waals surface area contributed by atoms with Crippen LogP contribution in [0.5, 0.6) is 5.75 Å². The first kappa shape index (κ1) is 44.9. The number of rotatable bonds is 11. The maximum atomic E-state index is 16.8. The molecule has 4 N–H and O–H groups in total. The number of hydrogen-bond donors (Lipinski definition) is 4. The second-order valence-corrected chi connectivity index (χ2v) is 18.0. The van der Waals surface area contributed by atoms with Crippen LogP contribution in [0.15, 0.2) is 73.1 Å². The summed E-state index contributed by atoms with van der Waals surface area (Å²) in [5, 5.41) is 6.12. The van der Waals surface area contributed by atoms with Crippen LogP contribution < -0.4 is 15.4 Å². The number of amides is 4.